The second-order valence-electron chi connectivity index (χ2n) is 7.73. The van der Waals surface area contributed by atoms with Gasteiger partial charge in [0.1, 0.15) is 18.2 Å². The summed E-state index contributed by atoms with van der Waals surface area (Å²) >= 11 is 0. The molecule has 2 aliphatic heterocycles. The van der Waals surface area contributed by atoms with Crippen LogP contribution in [0.4, 0.5) is 4.39 Å². The van der Waals surface area contributed by atoms with Crippen molar-refractivity contribution in [3.63, 3.8) is 0 Å². The number of carbonyl (C=O) groups excluding carboxylic acids is 2. The van der Waals surface area contributed by atoms with Crippen molar-refractivity contribution in [1.29, 1.82) is 0 Å². The van der Waals surface area contributed by atoms with Crippen LogP contribution < -0.4 is 4.74 Å². The van der Waals surface area contributed by atoms with E-state index in [0.717, 1.165) is 38.8 Å². The van der Waals surface area contributed by atoms with E-state index in [1.54, 1.807) is 12.1 Å². The molecule has 0 radical (unpaired) electrons. The van der Waals surface area contributed by atoms with Crippen LogP contribution in [0.15, 0.2) is 24.3 Å². The predicted octanol–water partition coefficient (Wildman–Crippen LogP) is 2.86. The highest BCUT2D eigenvalue weighted by molar-refractivity contribution is 5.76. The molecule has 7 heteroatoms. The van der Waals surface area contributed by atoms with Crippen LogP contribution in [0.5, 0.6) is 5.75 Å². The predicted molar refractivity (Wildman–Crippen MR) is 107 cm³/mol. The molecule has 0 spiro atoms. The van der Waals surface area contributed by atoms with Crippen molar-refractivity contribution in [2.24, 2.45) is 5.92 Å². The van der Waals surface area contributed by atoms with Gasteiger partial charge in [-0.1, -0.05) is 0 Å². The summed E-state index contributed by atoms with van der Waals surface area (Å²) in [5.41, 5.74) is 0. The number of nitrogens with zero attached hydrogens (tertiary/aromatic N) is 2. The number of rotatable bonds is 7. The van der Waals surface area contributed by atoms with Crippen LogP contribution in [-0.4, -0.2) is 67.1 Å². The van der Waals surface area contributed by atoms with E-state index < -0.39 is 0 Å². The molecule has 2 aliphatic rings. The molecule has 3 rings (SSSR count). The molecule has 29 heavy (non-hydrogen) atoms. The number of hydrogen-bond donors (Lipinski definition) is 0. The lowest BCUT2D eigenvalue weighted by atomic mass is 9.94. The molecule has 0 bridgehead atoms. The number of piperidine rings is 1. The van der Waals surface area contributed by atoms with Gasteiger partial charge in [0.25, 0.3) is 0 Å². The minimum Gasteiger partial charge on any atom is -0.492 e. The molecule has 1 atom stereocenters. The quantitative estimate of drug-likeness (QED) is 0.652. The molecule has 2 fully saturated rings. The van der Waals surface area contributed by atoms with E-state index in [2.05, 4.69) is 4.90 Å². The molecule has 2 saturated heterocycles. The minimum atomic E-state index is -0.294. The van der Waals surface area contributed by atoms with Crippen LogP contribution in [0.3, 0.4) is 0 Å². The number of halogens is 1. The van der Waals surface area contributed by atoms with E-state index in [9.17, 15) is 14.0 Å². The number of hydrogen-bond acceptors (Lipinski definition) is 5. The molecule has 0 N–H and O–H groups in total. The van der Waals surface area contributed by atoms with E-state index in [1.165, 1.54) is 12.1 Å². The molecular weight excluding hydrogens is 375 g/mol. The molecular formula is C22H31FN2O4. The van der Waals surface area contributed by atoms with Crippen molar-refractivity contribution < 1.29 is 23.5 Å². The van der Waals surface area contributed by atoms with Crippen molar-refractivity contribution >= 4 is 11.9 Å². The molecule has 2 heterocycles. The summed E-state index contributed by atoms with van der Waals surface area (Å²) in [5.74, 6) is 0.416. The maximum Gasteiger partial charge on any atom is 0.309 e. The van der Waals surface area contributed by atoms with Gasteiger partial charge in [0.05, 0.1) is 19.1 Å². The number of carbonyl (C=O) groups is 2. The molecule has 160 valence electrons. The Balaban J connectivity index is 1.42. The van der Waals surface area contributed by atoms with Crippen LogP contribution in [0, 0.1) is 11.7 Å². The Kier molecular flexibility index (Phi) is 7.86. The van der Waals surface area contributed by atoms with Crippen LogP contribution >= 0.6 is 0 Å². The number of amides is 1. The number of benzene rings is 1. The second kappa shape index (κ2) is 10.6. The smallest absolute Gasteiger partial charge is 0.309 e. The van der Waals surface area contributed by atoms with Gasteiger partial charge in [-0.3, -0.25) is 9.59 Å². The average molecular weight is 406 g/mol. The van der Waals surface area contributed by atoms with Crippen LogP contribution in [-0.2, 0) is 14.3 Å². The third-order valence-corrected chi connectivity index (χ3v) is 5.89. The van der Waals surface area contributed by atoms with E-state index in [1.807, 2.05) is 11.8 Å². The lowest BCUT2D eigenvalue weighted by Gasteiger charge is -2.36. The summed E-state index contributed by atoms with van der Waals surface area (Å²) in [6, 6.07) is 6.29. The van der Waals surface area contributed by atoms with E-state index in [0.29, 0.717) is 44.5 Å². The zero-order valence-electron chi connectivity index (χ0n) is 17.1. The van der Waals surface area contributed by atoms with Gasteiger partial charge in [-0.25, -0.2) is 4.39 Å². The first-order valence-electron chi connectivity index (χ1n) is 10.6. The topological polar surface area (TPSA) is 59.1 Å². The first-order chi connectivity index (χ1) is 14.1. The Hall–Kier alpha value is -2.15. The van der Waals surface area contributed by atoms with E-state index in [-0.39, 0.29) is 23.6 Å². The highest BCUT2D eigenvalue weighted by Gasteiger charge is 2.31. The summed E-state index contributed by atoms with van der Waals surface area (Å²) in [6.45, 7) is 5.69. The van der Waals surface area contributed by atoms with Gasteiger partial charge in [-0.05, 0) is 70.0 Å². The summed E-state index contributed by atoms with van der Waals surface area (Å²) in [4.78, 5) is 28.7. The zero-order chi connectivity index (χ0) is 20.6. The van der Waals surface area contributed by atoms with Gasteiger partial charge >= 0.3 is 5.97 Å². The van der Waals surface area contributed by atoms with Crippen molar-refractivity contribution in [3.05, 3.63) is 30.1 Å². The highest BCUT2D eigenvalue weighted by Crippen LogP contribution is 2.25. The Bertz CT molecular complexity index is 674. The second-order valence-corrected chi connectivity index (χ2v) is 7.73. The molecule has 1 aromatic carbocycles. The minimum absolute atomic E-state index is 0.0127. The number of likely N-dealkylation sites (tertiary alicyclic amines) is 2. The maximum absolute atomic E-state index is 12.9. The SMILES string of the molecule is CCOC(=O)C1CCN(C2CCC(=O)N(CCOc3ccc(F)cc3)CC2)CC1. The van der Waals surface area contributed by atoms with Crippen LogP contribution in [0.1, 0.15) is 39.0 Å². The molecule has 0 aromatic heterocycles. The van der Waals surface area contributed by atoms with Gasteiger partial charge in [-0.15, -0.1) is 0 Å². The highest BCUT2D eigenvalue weighted by atomic mass is 19.1. The first-order valence-corrected chi connectivity index (χ1v) is 10.6. The Morgan fingerprint density at radius 3 is 2.52 bits per heavy atom. The Labute approximate surface area is 171 Å². The lowest BCUT2D eigenvalue weighted by Crippen LogP contribution is -2.43. The molecule has 1 amide bonds. The molecule has 1 unspecified atom stereocenters. The summed E-state index contributed by atoms with van der Waals surface area (Å²) in [6.07, 6.45) is 4.00. The Morgan fingerprint density at radius 1 is 1.10 bits per heavy atom. The third kappa shape index (κ3) is 6.16. The summed E-state index contributed by atoms with van der Waals surface area (Å²) < 4.78 is 23.7. The van der Waals surface area contributed by atoms with Crippen molar-refractivity contribution in [2.75, 3.05) is 39.4 Å². The van der Waals surface area contributed by atoms with Gasteiger partial charge in [0, 0.05) is 19.0 Å². The number of ether oxygens (including phenoxy) is 2. The molecule has 0 aliphatic carbocycles. The Morgan fingerprint density at radius 2 is 1.83 bits per heavy atom. The fourth-order valence-electron chi connectivity index (χ4n) is 4.19. The molecule has 0 saturated carbocycles. The standard InChI is InChI=1S/C22H31FN2O4/c1-2-28-22(27)17-9-12-24(13-10-17)19-5-8-21(26)25(14-11-19)15-16-29-20-6-3-18(23)4-7-20/h3-4,6-7,17,19H,2,5,8-16H2,1H3. The van der Waals surface area contributed by atoms with Crippen molar-refractivity contribution in [1.82, 2.24) is 9.80 Å². The van der Waals surface area contributed by atoms with Gasteiger partial charge in [0.15, 0.2) is 0 Å². The summed E-state index contributed by atoms with van der Waals surface area (Å²) in [7, 11) is 0. The lowest BCUT2D eigenvalue weighted by molar-refractivity contribution is -0.149. The maximum atomic E-state index is 12.9. The number of esters is 1. The van der Waals surface area contributed by atoms with Gasteiger partial charge in [-0.2, -0.15) is 0 Å². The zero-order valence-corrected chi connectivity index (χ0v) is 17.1. The average Bonchev–Trinajstić information content (AvgIpc) is 2.92. The summed E-state index contributed by atoms with van der Waals surface area (Å²) in [5, 5.41) is 0. The van der Waals surface area contributed by atoms with Crippen LogP contribution in [0.2, 0.25) is 0 Å². The van der Waals surface area contributed by atoms with E-state index in [4.69, 9.17) is 9.47 Å². The van der Waals surface area contributed by atoms with Crippen molar-refractivity contribution in [3.8, 4) is 5.75 Å². The van der Waals surface area contributed by atoms with Crippen molar-refractivity contribution in [2.45, 2.75) is 45.1 Å². The third-order valence-electron chi connectivity index (χ3n) is 5.89. The largest absolute Gasteiger partial charge is 0.492 e. The van der Waals surface area contributed by atoms with Gasteiger partial charge < -0.3 is 19.3 Å². The first kappa shape index (κ1) is 21.6. The fraction of sp³-hybridized carbons (Fsp3) is 0.636. The molecule has 1 aromatic rings. The van der Waals surface area contributed by atoms with Crippen LogP contribution in [0.25, 0.3) is 0 Å². The molecule has 6 nitrogen and oxygen atoms in total. The normalized spacial score (nSPS) is 21.7. The fourth-order valence-corrected chi connectivity index (χ4v) is 4.19. The van der Waals surface area contributed by atoms with E-state index >= 15 is 0 Å². The monoisotopic (exact) mass is 406 g/mol. The van der Waals surface area contributed by atoms with Gasteiger partial charge in [0.2, 0.25) is 5.91 Å².